The Morgan fingerprint density at radius 2 is 1.86 bits per heavy atom. The first-order chi connectivity index (χ1) is 23.9. The molecule has 1 aromatic heterocycles. The van der Waals surface area contributed by atoms with E-state index in [0.717, 1.165) is 10.8 Å². The van der Waals surface area contributed by atoms with Crippen molar-refractivity contribution in [2.24, 2.45) is 11.3 Å². The number of Topliss-reactive ketones (excluding diaryl/α,β-unsaturated/α-hetero) is 1. The highest BCUT2D eigenvalue weighted by Gasteiger charge is 2.79. The molecule has 1 amide bonds. The maximum atomic E-state index is 14.7. The number of alkyl halides is 2. The molecule has 0 bridgehead atoms. The maximum Gasteiger partial charge on any atom is 0.342 e. The Kier molecular flexibility index (Phi) is 8.34. The van der Waals surface area contributed by atoms with E-state index in [-0.39, 0.29) is 40.9 Å². The Morgan fingerprint density at radius 1 is 1.12 bits per heavy atom. The van der Waals surface area contributed by atoms with Crippen molar-refractivity contribution in [1.82, 2.24) is 25.1 Å². The van der Waals surface area contributed by atoms with Crippen LogP contribution in [0.4, 0.5) is 31.9 Å². The van der Waals surface area contributed by atoms with Crippen molar-refractivity contribution in [2.45, 2.75) is 94.8 Å². The van der Waals surface area contributed by atoms with E-state index in [2.05, 4.69) is 30.4 Å². The van der Waals surface area contributed by atoms with Crippen molar-refractivity contribution in [3.05, 3.63) is 30.0 Å². The number of carbonyl (C=O) groups excluding carboxylic acids is 2. The fraction of sp³-hybridized carbons (Fsp3) is 0.676. The van der Waals surface area contributed by atoms with Gasteiger partial charge in [0.1, 0.15) is 11.4 Å². The summed E-state index contributed by atoms with van der Waals surface area (Å²) in [7, 11) is 2.84. The summed E-state index contributed by atoms with van der Waals surface area (Å²) >= 11 is 0. The lowest BCUT2D eigenvalue weighted by Gasteiger charge is -2.42. The number of carbonyl (C=O) groups is 2. The largest absolute Gasteiger partial charge is 0.495 e. The second-order valence-electron chi connectivity index (χ2n) is 16.0. The van der Waals surface area contributed by atoms with E-state index in [0.29, 0.717) is 34.9 Å². The third-order valence-electron chi connectivity index (χ3n) is 12.6. The normalized spacial score (nSPS) is 30.8. The van der Waals surface area contributed by atoms with Gasteiger partial charge in [-0.15, -0.1) is 0 Å². The highest BCUT2D eigenvalue weighted by atomic mass is 19.3. The number of nitrogens with zero attached hydrogens (tertiary/aromatic N) is 6. The molecule has 11 nitrogen and oxygen atoms in total. The van der Waals surface area contributed by atoms with Gasteiger partial charge in [0.15, 0.2) is 11.6 Å². The number of ether oxygens (including phenoxy) is 1. The standard InChI is InChI=1S/C37H50F2N8O3/c1-23(2)47-22-37(38,39)33(49)44(3)28-19-40-34(42-32(28)47)41-27-8-7-25(17-30(27)50-4)29(48)18-31-36(43-31)21-35(36)11-9-26(10-12-35)46-15-13-45(14-16-46)20-24-5-6-24/h7-8,17,19,23-24,26,31,43H,5-6,9-16,18,20-22H2,1-4H3,(H,40,41,42)/t26?,31?,35?,36-/m0/s1. The number of fused-ring (bicyclic) bond motifs is 2. The number of ketones is 1. The molecule has 2 N–H and O–H groups in total. The summed E-state index contributed by atoms with van der Waals surface area (Å²) in [5.74, 6) is -2.99. The van der Waals surface area contributed by atoms with E-state index in [9.17, 15) is 18.4 Å². The first kappa shape index (κ1) is 33.7. The summed E-state index contributed by atoms with van der Waals surface area (Å²) in [6, 6.07) is 5.85. The van der Waals surface area contributed by atoms with Crippen LogP contribution in [0.2, 0.25) is 0 Å². The molecular weight excluding hydrogens is 642 g/mol. The number of hydrogen-bond donors (Lipinski definition) is 2. The van der Waals surface area contributed by atoms with E-state index in [1.54, 1.807) is 32.0 Å². The molecule has 3 saturated carbocycles. The van der Waals surface area contributed by atoms with Crippen LogP contribution in [0.25, 0.3) is 0 Å². The van der Waals surface area contributed by atoms with Crippen LogP contribution < -0.4 is 25.2 Å². The number of methoxy groups -OCH3 is 1. The maximum absolute atomic E-state index is 14.7. The number of nitrogens with one attached hydrogen (secondary N) is 2. The number of hydrogen-bond acceptors (Lipinski definition) is 10. The summed E-state index contributed by atoms with van der Waals surface area (Å²) in [5.41, 5.74) is 1.80. The first-order valence-corrected chi connectivity index (χ1v) is 18.4. The molecule has 2 spiro atoms. The smallest absolute Gasteiger partial charge is 0.342 e. The molecule has 2 atom stereocenters. The van der Waals surface area contributed by atoms with Gasteiger partial charge in [0.2, 0.25) is 5.95 Å². The van der Waals surface area contributed by atoms with Crippen LogP contribution in [0.3, 0.4) is 0 Å². The van der Waals surface area contributed by atoms with Gasteiger partial charge in [0.05, 0.1) is 25.5 Å². The minimum atomic E-state index is -3.57. The van der Waals surface area contributed by atoms with Gasteiger partial charge in [0.25, 0.3) is 5.91 Å². The molecular formula is C37H50F2N8O3. The molecule has 3 aliphatic heterocycles. The third kappa shape index (κ3) is 6.02. The van der Waals surface area contributed by atoms with Gasteiger partial charge in [-0.3, -0.25) is 14.5 Å². The van der Waals surface area contributed by atoms with Gasteiger partial charge >= 0.3 is 5.92 Å². The molecule has 0 radical (unpaired) electrons. The Hall–Kier alpha value is -3.42. The molecule has 270 valence electrons. The zero-order valence-corrected chi connectivity index (χ0v) is 29.7. The number of halogens is 2. The molecule has 13 heteroatoms. The number of amides is 1. The van der Waals surface area contributed by atoms with Gasteiger partial charge in [-0.1, -0.05) is 0 Å². The van der Waals surface area contributed by atoms with Crippen LogP contribution in [0.1, 0.15) is 75.6 Å². The van der Waals surface area contributed by atoms with Gasteiger partial charge in [-0.25, -0.2) is 4.98 Å². The summed E-state index contributed by atoms with van der Waals surface area (Å²) in [6.07, 6.45) is 10.9. The average molecular weight is 693 g/mol. The molecule has 8 rings (SSSR count). The molecule has 2 saturated heterocycles. The van der Waals surface area contributed by atoms with Gasteiger partial charge in [-0.2, -0.15) is 13.8 Å². The van der Waals surface area contributed by atoms with Crippen LogP contribution >= 0.6 is 0 Å². The van der Waals surface area contributed by atoms with Gasteiger partial charge in [-0.05, 0) is 88.3 Å². The highest BCUT2D eigenvalue weighted by molar-refractivity contribution is 6.02. The molecule has 1 unspecified atom stereocenters. The Bertz CT molecular complexity index is 1650. The van der Waals surface area contributed by atoms with Crippen molar-refractivity contribution in [3.63, 3.8) is 0 Å². The first-order valence-electron chi connectivity index (χ1n) is 18.4. The minimum absolute atomic E-state index is 0.0755. The Balaban J connectivity index is 0.877. The van der Waals surface area contributed by atoms with Gasteiger partial charge < -0.3 is 30.1 Å². The summed E-state index contributed by atoms with van der Waals surface area (Å²) in [6.45, 7) is 8.93. The Labute approximate surface area is 293 Å². The molecule has 3 aliphatic carbocycles. The lowest BCUT2D eigenvalue weighted by atomic mass is 9.80. The van der Waals surface area contributed by atoms with Crippen LogP contribution in [-0.2, 0) is 4.79 Å². The van der Waals surface area contributed by atoms with E-state index >= 15 is 0 Å². The molecule has 4 heterocycles. The molecule has 1 aromatic carbocycles. The molecule has 5 fully saturated rings. The second kappa shape index (κ2) is 12.4. The number of anilines is 4. The summed E-state index contributed by atoms with van der Waals surface area (Å²) < 4.78 is 35.1. The van der Waals surface area contributed by atoms with Crippen LogP contribution in [0.5, 0.6) is 5.75 Å². The van der Waals surface area contributed by atoms with E-state index < -0.39 is 18.4 Å². The van der Waals surface area contributed by atoms with E-state index in [1.807, 2.05) is 0 Å². The quantitative estimate of drug-likeness (QED) is 0.268. The lowest BCUT2D eigenvalue weighted by molar-refractivity contribution is -0.140. The third-order valence-corrected chi connectivity index (χ3v) is 12.6. The second-order valence-corrected chi connectivity index (χ2v) is 16.0. The van der Waals surface area contributed by atoms with Crippen molar-refractivity contribution in [1.29, 1.82) is 0 Å². The highest BCUT2D eigenvalue weighted by Crippen LogP contribution is 2.72. The van der Waals surface area contributed by atoms with Crippen molar-refractivity contribution < 1.29 is 23.1 Å². The number of rotatable bonds is 10. The van der Waals surface area contributed by atoms with Crippen LogP contribution in [0.15, 0.2) is 24.4 Å². The van der Waals surface area contributed by atoms with Crippen LogP contribution in [-0.4, -0.2) is 114 Å². The van der Waals surface area contributed by atoms with Crippen molar-refractivity contribution >= 4 is 34.8 Å². The SMILES string of the molecule is COc1cc(C(=O)CC2N[C@@]23CC32CCC(N3CCN(CC4CC4)CC3)CC2)ccc1Nc1ncc2c(n1)N(C(C)C)CC(F)(F)C(=O)N2C. The monoisotopic (exact) mass is 692 g/mol. The van der Waals surface area contributed by atoms with E-state index in [4.69, 9.17) is 4.74 Å². The predicted molar refractivity (Wildman–Crippen MR) is 188 cm³/mol. The molecule has 2 aromatic rings. The fourth-order valence-electron chi connectivity index (χ4n) is 9.21. The lowest BCUT2D eigenvalue weighted by Crippen LogP contribution is -2.51. The van der Waals surface area contributed by atoms with Crippen molar-refractivity contribution in [3.8, 4) is 5.75 Å². The average Bonchev–Trinajstić information content (AvgIpc) is 4.06. The summed E-state index contributed by atoms with van der Waals surface area (Å²) in [5, 5.41) is 6.88. The predicted octanol–water partition coefficient (Wildman–Crippen LogP) is 4.70. The summed E-state index contributed by atoms with van der Waals surface area (Å²) in [4.78, 5) is 42.6. The Morgan fingerprint density at radius 3 is 2.54 bits per heavy atom. The zero-order chi connectivity index (χ0) is 35.0. The van der Waals surface area contributed by atoms with Gasteiger partial charge in [0, 0.05) is 75.4 Å². The number of piperazine rings is 1. The zero-order valence-electron chi connectivity index (χ0n) is 29.7. The number of aromatic nitrogens is 2. The van der Waals surface area contributed by atoms with Crippen molar-refractivity contribution in [2.75, 3.05) is 68.5 Å². The fourth-order valence-corrected chi connectivity index (χ4v) is 9.21. The topological polar surface area (TPSA) is 116 Å². The molecule has 50 heavy (non-hydrogen) atoms. The van der Waals surface area contributed by atoms with E-state index in [1.165, 1.54) is 103 Å². The minimum Gasteiger partial charge on any atom is -0.495 e. The molecule has 6 aliphatic rings. The van der Waals surface area contributed by atoms with Crippen LogP contribution in [0, 0.1) is 11.3 Å². The number of benzene rings is 1.